The van der Waals surface area contributed by atoms with Crippen LogP contribution >= 0.6 is 23.2 Å². The summed E-state index contributed by atoms with van der Waals surface area (Å²) in [6.45, 7) is 6.10. The Morgan fingerprint density at radius 1 is 1.12 bits per heavy atom. The van der Waals surface area contributed by atoms with Gasteiger partial charge in [-0.15, -0.1) is 0 Å². The minimum atomic E-state index is -3.86. The van der Waals surface area contributed by atoms with Gasteiger partial charge in [-0.25, -0.2) is 19.8 Å². The molecule has 2 fully saturated rings. The molecule has 1 aromatic carbocycles. The van der Waals surface area contributed by atoms with E-state index in [1.165, 1.54) is 0 Å². The second-order valence-corrected chi connectivity index (χ2v) is 12.7. The molecule has 2 aromatic rings. The Kier molecular flexibility index (Phi) is 11.2. The van der Waals surface area contributed by atoms with Gasteiger partial charge in [0.25, 0.3) is 16.1 Å². The van der Waals surface area contributed by atoms with Gasteiger partial charge in [-0.2, -0.15) is 8.42 Å². The third-order valence-corrected chi connectivity index (χ3v) is 9.04. The molecule has 0 saturated carbocycles. The van der Waals surface area contributed by atoms with Crippen LogP contribution < -0.4 is 25.8 Å². The molecule has 13 nitrogen and oxygen atoms in total. The lowest BCUT2D eigenvalue weighted by molar-refractivity contribution is 0.0356. The molecule has 2 atom stereocenters. The van der Waals surface area contributed by atoms with Gasteiger partial charge >= 0.3 is 0 Å². The second kappa shape index (κ2) is 14.4. The van der Waals surface area contributed by atoms with Crippen LogP contribution in [0.3, 0.4) is 0 Å². The van der Waals surface area contributed by atoms with Gasteiger partial charge < -0.3 is 21.1 Å². The number of rotatable bonds is 11. The number of hydrogen-bond donors (Lipinski definition) is 5. The van der Waals surface area contributed by atoms with E-state index >= 15 is 0 Å². The van der Waals surface area contributed by atoms with Crippen LogP contribution in [-0.2, 0) is 10.2 Å². The Morgan fingerprint density at radius 3 is 2.43 bits per heavy atom. The fraction of sp³-hybridized carbons (Fsp3) is 0.577. The molecule has 2 aliphatic rings. The van der Waals surface area contributed by atoms with Crippen LogP contribution in [0.15, 0.2) is 24.3 Å². The smallest absolute Gasteiger partial charge is 0.274 e. The van der Waals surface area contributed by atoms with Gasteiger partial charge in [-0.05, 0) is 37.0 Å². The summed E-state index contributed by atoms with van der Waals surface area (Å²) in [6.07, 6.45) is 2.95. The van der Waals surface area contributed by atoms with Gasteiger partial charge in [-0.1, -0.05) is 42.3 Å². The summed E-state index contributed by atoms with van der Waals surface area (Å²) in [7, 11) is -3.86. The van der Waals surface area contributed by atoms with Crippen molar-refractivity contribution in [3.8, 4) is 0 Å². The number of aliphatic hydroxyl groups is 1. The first-order chi connectivity index (χ1) is 20.0. The number of aromatic nitrogens is 2. The van der Waals surface area contributed by atoms with Crippen LogP contribution in [0, 0.1) is 0 Å². The number of likely N-dealkylation sites (tertiary alicyclic amines) is 1. The molecule has 42 heavy (non-hydrogen) atoms. The maximum absolute atomic E-state index is 12.5. The van der Waals surface area contributed by atoms with Crippen LogP contribution in [0.4, 0.5) is 11.6 Å². The number of benzene rings is 1. The van der Waals surface area contributed by atoms with E-state index in [9.17, 15) is 18.3 Å². The number of aliphatic hydroxyl groups excluding tert-OH is 1. The molecule has 16 heteroatoms. The number of carbonyl (C=O) groups is 1. The predicted molar refractivity (Wildman–Crippen MR) is 164 cm³/mol. The fourth-order valence-corrected chi connectivity index (χ4v) is 6.55. The van der Waals surface area contributed by atoms with E-state index in [2.05, 4.69) is 41.6 Å². The van der Waals surface area contributed by atoms with Crippen molar-refractivity contribution < 1.29 is 18.3 Å². The van der Waals surface area contributed by atoms with E-state index in [4.69, 9.17) is 34.1 Å². The number of nitrogens with zero attached hydrogens (tertiary/aromatic N) is 5. The second-order valence-electron chi connectivity index (χ2n) is 10.5. The lowest BCUT2D eigenvalue weighted by atomic mass is 9.96. The molecule has 0 radical (unpaired) electrons. The molecule has 232 valence electrons. The fourth-order valence-electron chi connectivity index (χ4n) is 5.79. The molecule has 3 heterocycles. The minimum Gasteiger partial charge on any atom is -0.394 e. The average Bonchev–Trinajstić information content (AvgIpc) is 2.97. The van der Waals surface area contributed by atoms with E-state index < -0.39 is 16.1 Å². The highest BCUT2D eigenvalue weighted by molar-refractivity contribution is 7.87. The number of nitrogen functional groups attached to an aromatic ring is 1. The summed E-state index contributed by atoms with van der Waals surface area (Å²) < 4.78 is 24.0. The number of anilines is 2. The molecule has 1 amide bonds. The molecule has 0 aliphatic carbocycles. The first-order valence-corrected chi connectivity index (χ1v) is 16.3. The summed E-state index contributed by atoms with van der Waals surface area (Å²) in [4.78, 5) is 28.1. The summed E-state index contributed by atoms with van der Waals surface area (Å²) in [6, 6.07) is 8.35. The number of carbonyl (C=O) groups excluding carboxylic acids is 1. The molecule has 0 unspecified atom stereocenters. The van der Waals surface area contributed by atoms with Crippen molar-refractivity contribution >= 4 is 51.0 Å². The Balaban J connectivity index is 1.35. The van der Waals surface area contributed by atoms with Crippen LogP contribution in [0.2, 0.25) is 10.2 Å². The van der Waals surface area contributed by atoms with Gasteiger partial charge in [0.05, 0.1) is 12.6 Å². The van der Waals surface area contributed by atoms with Gasteiger partial charge in [0.2, 0.25) is 0 Å². The Morgan fingerprint density at radius 2 is 1.81 bits per heavy atom. The maximum Gasteiger partial charge on any atom is 0.274 e. The zero-order valence-electron chi connectivity index (χ0n) is 23.5. The SMILES string of the molecule is CC[C@H]1CN(c2nc(N)c(C(=O)NCCNS(N)(=O)=O)nc2Cl)CCN1C1CCN([C@@H](CO)c2ccc(Cl)cc2)CC1. The standard InChI is InChI=1S/C26H39Cl2N9O4S/c1-2-19-15-36(25-23(28)33-22(24(29)34-25)26(39)31-9-10-32-42(30,40)41)13-14-37(19)20-7-11-35(12-8-20)21(16-38)17-3-5-18(27)6-4-17/h3-6,19-21,32,38H,2,7-16H2,1H3,(H2,29,34)(H,31,39)(H2,30,40,41)/t19-,21-/m0/s1. The van der Waals surface area contributed by atoms with E-state index in [-0.39, 0.29) is 48.4 Å². The number of amides is 1. The topological polar surface area (TPSA) is 183 Å². The normalized spacial score (nSPS) is 20.0. The Bertz CT molecular complexity index is 1330. The number of nitrogens with one attached hydrogen (secondary N) is 2. The van der Waals surface area contributed by atoms with Crippen LogP contribution in [0.5, 0.6) is 0 Å². The van der Waals surface area contributed by atoms with Crippen LogP contribution in [0.1, 0.15) is 48.3 Å². The molecule has 2 saturated heterocycles. The molecule has 1 aromatic heterocycles. The molecular weight excluding hydrogens is 605 g/mol. The number of nitrogens with two attached hydrogens (primary N) is 2. The summed E-state index contributed by atoms with van der Waals surface area (Å²) in [5.74, 6) is -0.247. The van der Waals surface area contributed by atoms with Crippen molar-refractivity contribution in [2.75, 3.05) is 63.1 Å². The molecule has 0 spiro atoms. The molecule has 7 N–H and O–H groups in total. The van der Waals surface area contributed by atoms with Gasteiger partial charge in [0.15, 0.2) is 22.5 Å². The van der Waals surface area contributed by atoms with Crippen molar-refractivity contribution in [2.24, 2.45) is 5.14 Å². The summed E-state index contributed by atoms with van der Waals surface area (Å²) >= 11 is 12.5. The highest BCUT2D eigenvalue weighted by Crippen LogP contribution is 2.31. The van der Waals surface area contributed by atoms with Crippen molar-refractivity contribution in [2.45, 2.75) is 44.3 Å². The Hall–Kier alpha value is -2.30. The Labute approximate surface area is 256 Å². The van der Waals surface area contributed by atoms with Crippen molar-refractivity contribution in [1.29, 1.82) is 0 Å². The van der Waals surface area contributed by atoms with Crippen molar-refractivity contribution in [3.63, 3.8) is 0 Å². The number of piperidine rings is 1. The largest absolute Gasteiger partial charge is 0.394 e. The molecular formula is C26H39Cl2N9O4S. The number of hydrogen-bond acceptors (Lipinski definition) is 10. The maximum atomic E-state index is 12.5. The first kappa shape index (κ1) is 32.6. The zero-order valence-corrected chi connectivity index (χ0v) is 25.9. The van der Waals surface area contributed by atoms with E-state index in [0.29, 0.717) is 30.0 Å². The minimum absolute atomic E-state index is 0.0173. The molecule has 2 aliphatic heterocycles. The number of halogens is 2. The van der Waals surface area contributed by atoms with Crippen molar-refractivity contribution in [3.05, 3.63) is 45.7 Å². The third kappa shape index (κ3) is 8.20. The predicted octanol–water partition coefficient (Wildman–Crippen LogP) is 0.987. The molecule has 0 bridgehead atoms. The van der Waals surface area contributed by atoms with Crippen LogP contribution in [0.25, 0.3) is 0 Å². The third-order valence-electron chi connectivity index (χ3n) is 7.93. The zero-order chi connectivity index (χ0) is 30.4. The van der Waals surface area contributed by atoms with Gasteiger partial charge in [0, 0.05) is 62.9 Å². The van der Waals surface area contributed by atoms with E-state index in [0.717, 1.165) is 44.5 Å². The monoisotopic (exact) mass is 643 g/mol. The number of piperazine rings is 1. The summed E-state index contributed by atoms with van der Waals surface area (Å²) in [5.41, 5.74) is 7.03. The molecule has 4 rings (SSSR count). The first-order valence-electron chi connectivity index (χ1n) is 14.0. The van der Waals surface area contributed by atoms with Gasteiger partial charge in [0.1, 0.15) is 0 Å². The van der Waals surface area contributed by atoms with Gasteiger partial charge in [-0.3, -0.25) is 14.6 Å². The van der Waals surface area contributed by atoms with Crippen LogP contribution in [-0.4, -0.2) is 104 Å². The van der Waals surface area contributed by atoms with Crippen molar-refractivity contribution in [1.82, 2.24) is 29.8 Å². The van der Waals surface area contributed by atoms with E-state index in [1.807, 2.05) is 24.3 Å². The quantitative estimate of drug-likeness (QED) is 0.221. The lowest BCUT2D eigenvalue weighted by Crippen LogP contribution is -2.58. The highest BCUT2D eigenvalue weighted by atomic mass is 35.5. The lowest BCUT2D eigenvalue weighted by Gasteiger charge is -2.48. The highest BCUT2D eigenvalue weighted by Gasteiger charge is 2.35. The average molecular weight is 645 g/mol. The summed E-state index contributed by atoms with van der Waals surface area (Å²) in [5, 5.41) is 18.3. The van der Waals surface area contributed by atoms with E-state index in [1.54, 1.807) is 0 Å².